The predicted octanol–water partition coefficient (Wildman–Crippen LogP) is 0.759. The van der Waals surface area contributed by atoms with Crippen molar-refractivity contribution in [2.24, 2.45) is 0 Å². The molecule has 200 valence electrons. The Morgan fingerprint density at radius 1 is 1.05 bits per heavy atom. The molecule has 0 aliphatic carbocycles. The highest BCUT2D eigenvalue weighted by Crippen LogP contribution is 2.28. The number of hydrogen-bond acceptors (Lipinski definition) is 10. The number of carboxylic acids is 2. The number of carbonyl (C=O) groups is 4. The molecule has 2 amide bonds. The Balaban J connectivity index is 0.000000521. The van der Waals surface area contributed by atoms with Crippen molar-refractivity contribution < 1.29 is 38.9 Å². The number of benzene rings is 1. The van der Waals surface area contributed by atoms with Gasteiger partial charge in [-0.15, -0.1) is 11.3 Å². The Kier molecular flexibility index (Phi) is 12.0. The van der Waals surface area contributed by atoms with Crippen molar-refractivity contribution in [1.82, 2.24) is 20.5 Å². The monoisotopic (exact) mass is 535 g/mol. The lowest BCUT2D eigenvalue weighted by Crippen LogP contribution is -2.46. The van der Waals surface area contributed by atoms with Crippen molar-refractivity contribution in [1.29, 1.82) is 0 Å². The molecule has 2 aromatic rings. The number of hydrogen-bond donors (Lipinski definition) is 5. The Morgan fingerprint density at radius 2 is 1.70 bits per heavy atom. The molecule has 37 heavy (non-hydrogen) atoms. The standard InChI is InChI=1S/C19H25N5O4S.C4H4O4/c1-27-15-4-3-13(11-16(15)28-2)17(25)23-19-22-14(12-29-19)18(26)21-7-10-24-8-5-20-6-9-24;5-3(6)1-2-4(7)8/h3-4,11-12,20H,5-10H2,1-2H3,(H,21,26)(H,22,23,25);1-2H,(H,5,6)(H,7,8). The maximum atomic E-state index is 12.5. The fraction of sp³-hybridized carbons (Fsp3) is 0.348. The van der Waals surface area contributed by atoms with Crippen LogP contribution in [0.3, 0.4) is 0 Å². The number of amides is 2. The first-order valence-corrected chi connectivity index (χ1v) is 12.0. The molecule has 14 heteroatoms. The number of nitrogens with zero attached hydrogens (tertiary/aromatic N) is 2. The molecule has 1 fully saturated rings. The van der Waals surface area contributed by atoms with Crippen LogP contribution in [0.2, 0.25) is 0 Å². The molecule has 1 aromatic carbocycles. The van der Waals surface area contributed by atoms with Crippen molar-refractivity contribution in [3.05, 3.63) is 47.0 Å². The number of aliphatic carboxylic acids is 2. The molecule has 0 radical (unpaired) electrons. The summed E-state index contributed by atoms with van der Waals surface area (Å²) in [6.45, 7) is 5.29. The van der Waals surface area contributed by atoms with Crippen LogP contribution < -0.4 is 25.4 Å². The second-order valence-corrected chi connectivity index (χ2v) is 8.28. The predicted molar refractivity (Wildman–Crippen MR) is 136 cm³/mol. The zero-order valence-electron chi connectivity index (χ0n) is 20.4. The van der Waals surface area contributed by atoms with Gasteiger partial charge in [0.25, 0.3) is 11.8 Å². The summed E-state index contributed by atoms with van der Waals surface area (Å²) < 4.78 is 10.4. The van der Waals surface area contributed by atoms with Gasteiger partial charge in [0.1, 0.15) is 5.69 Å². The van der Waals surface area contributed by atoms with Gasteiger partial charge in [-0.2, -0.15) is 0 Å². The Hall–Kier alpha value is -4.01. The van der Waals surface area contributed by atoms with Gasteiger partial charge in [0, 0.05) is 62.4 Å². The molecule has 0 bridgehead atoms. The minimum absolute atomic E-state index is 0.247. The third-order valence-electron chi connectivity index (χ3n) is 4.89. The van der Waals surface area contributed by atoms with Gasteiger partial charge in [-0.05, 0) is 18.2 Å². The molecule has 0 atom stereocenters. The molecule has 3 rings (SSSR count). The second kappa shape index (κ2) is 15.2. The largest absolute Gasteiger partial charge is 0.493 e. The number of rotatable bonds is 10. The lowest BCUT2D eigenvalue weighted by molar-refractivity contribution is -0.134. The summed E-state index contributed by atoms with van der Waals surface area (Å²) in [5.41, 5.74) is 0.692. The van der Waals surface area contributed by atoms with Gasteiger partial charge < -0.3 is 30.3 Å². The van der Waals surface area contributed by atoms with E-state index in [9.17, 15) is 19.2 Å². The molecular formula is C23H29N5O8S. The lowest BCUT2D eigenvalue weighted by Gasteiger charge is -2.26. The van der Waals surface area contributed by atoms with Gasteiger partial charge in [0.15, 0.2) is 16.6 Å². The number of thiazole rings is 1. The normalized spacial score (nSPS) is 13.2. The number of anilines is 1. The number of carboxylic acid groups (broad SMARTS) is 2. The molecule has 1 aliphatic heterocycles. The number of piperazine rings is 1. The maximum Gasteiger partial charge on any atom is 0.328 e. The molecule has 1 aromatic heterocycles. The van der Waals surface area contributed by atoms with E-state index in [1.165, 1.54) is 25.6 Å². The SMILES string of the molecule is COc1ccc(C(=O)Nc2nc(C(=O)NCCN3CCNCC3)cs2)cc1OC.O=C(O)C=CC(=O)O. The van der Waals surface area contributed by atoms with Gasteiger partial charge in [0.05, 0.1) is 14.2 Å². The molecular weight excluding hydrogens is 506 g/mol. The van der Waals surface area contributed by atoms with Crippen LogP contribution in [0, 0.1) is 0 Å². The second-order valence-electron chi connectivity index (χ2n) is 7.42. The highest BCUT2D eigenvalue weighted by molar-refractivity contribution is 7.14. The van der Waals surface area contributed by atoms with Crippen LogP contribution >= 0.6 is 11.3 Å². The number of carbonyl (C=O) groups excluding carboxylic acids is 2. The van der Waals surface area contributed by atoms with E-state index in [1.54, 1.807) is 23.6 Å². The van der Waals surface area contributed by atoms with Gasteiger partial charge in [-0.1, -0.05) is 0 Å². The fourth-order valence-electron chi connectivity index (χ4n) is 3.08. The average molecular weight is 536 g/mol. The van der Waals surface area contributed by atoms with Crippen molar-refractivity contribution in [2.45, 2.75) is 0 Å². The Labute approximate surface area is 217 Å². The summed E-state index contributed by atoms with van der Waals surface area (Å²) >= 11 is 1.20. The summed E-state index contributed by atoms with van der Waals surface area (Å²) in [4.78, 5) is 50.3. The highest BCUT2D eigenvalue weighted by atomic mass is 32.1. The van der Waals surface area contributed by atoms with Crippen LogP contribution in [0.5, 0.6) is 11.5 Å². The van der Waals surface area contributed by atoms with Gasteiger partial charge in [-0.3, -0.25) is 19.8 Å². The van der Waals surface area contributed by atoms with Crippen LogP contribution in [0.1, 0.15) is 20.8 Å². The molecule has 1 aliphatic rings. The zero-order chi connectivity index (χ0) is 27.2. The molecule has 0 spiro atoms. The van der Waals surface area contributed by atoms with Crippen LogP contribution in [0.25, 0.3) is 0 Å². The molecule has 0 saturated carbocycles. The van der Waals surface area contributed by atoms with Crippen LogP contribution in [-0.2, 0) is 9.59 Å². The number of methoxy groups -OCH3 is 2. The summed E-state index contributed by atoms with van der Waals surface area (Å²) in [7, 11) is 3.04. The van der Waals surface area contributed by atoms with E-state index in [1.807, 2.05) is 0 Å². The fourth-order valence-corrected chi connectivity index (χ4v) is 3.76. The summed E-state index contributed by atoms with van der Waals surface area (Å²) in [5.74, 6) is -2.10. The molecule has 1 saturated heterocycles. The van der Waals surface area contributed by atoms with E-state index in [0.717, 1.165) is 32.7 Å². The first-order valence-electron chi connectivity index (χ1n) is 11.1. The Bertz CT molecular complexity index is 1100. The lowest BCUT2D eigenvalue weighted by atomic mass is 10.2. The van der Waals surface area contributed by atoms with Crippen LogP contribution in [0.4, 0.5) is 5.13 Å². The summed E-state index contributed by atoms with van der Waals surface area (Å²) in [6, 6.07) is 4.88. The molecule has 5 N–H and O–H groups in total. The summed E-state index contributed by atoms with van der Waals surface area (Å²) in [6.07, 6.45) is 1.12. The van der Waals surface area contributed by atoms with Gasteiger partial charge in [0.2, 0.25) is 0 Å². The third-order valence-corrected chi connectivity index (χ3v) is 5.65. The first kappa shape index (κ1) is 29.2. The zero-order valence-corrected chi connectivity index (χ0v) is 21.2. The minimum atomic E-state index is -1.26. The van der Waals surface area contributed by atoms with Crippen LogP contribution in [0.15, 0.2) is 35.7 Å². The van der Waals surface area contributed by atoms with Crippen molar-refractivity contribution >= 4 is 40.2 Å². The van der Waals surface area contributed by atoms with Crippen molar-refractivity contribution in [3.8, 4) is 11.5 Å². The van der Waals surface area contributed by atoms with Crippen LogP contribution in [-0.4, -0.2) is 97.3 Å². The molecule has 2 heterocycles. The number of aromatic nitrogens is 1. The number of nitrogens with one attached hydrogen (secondary N) is 3. The van der Waals surface area contributed by atoms with E-state index >= 15 is 0 Å². The highest BCUT2D eigenvalue weighted by Gasteiger charge is 2.16. The summed E-state index contributed by atoms with van der Waals surface area (Å²) in [5, 5.41) is 26.5. The van der Waals surface area contributed by atoms with Crippen molar-refractivity contribution in [2.75, 3.05) is 58.8 Å². The van der Waals surface area contributed by atoms with E-state index < -0.39 is 11.9 Å². The average Bonchev–Trinajstić information content (AvgIpc) is 3.36. The Morgan fingerprint density at radius 3 is 2.30 bits per heavy atom. The topological polar surface area (TPSA) is 179 Å². The van der Waals surface area contributed by atoms with Gasteiger partial charge in [-0.25, -0.2) is 14.6 Å². The van der Waals surface area contributed by atoms with E-state index in [0.29, 0.717) is 40.9 Å². The smallest absolute Gasteiger partial charge is 0.328 e. The molecule has 13 nitrogen and oxygen atoms in total. The van der Waals surface area contributed by atoms with E-state index in [2.05, 4.69) is 25.8 Å². The minimum Gasteiger partial charge on any atom is -0.493 e. The van der Waals surface area contributed by atoms with Gasteiger partial charge >= 0.3 is 11.9 Å². The number of ether oxygens (including phenoxy) is 2. The first-order chi connectivity index (χ1) is 17.7. The van der Waals surface area contributed by atoms with Crippen molar-refractivity contribution in [3.63, 3.8) is 0 Å². The molecule has 0 unspecified atom stereocenters. The van der Waals surface area contributed by atoms with E-state index in [4.69, 9.17) is 19.7 Å². The maximum absolute atomic E-state index is 12.5. The third kappa shape index (κ3) is 10.2. The quantitative estimate of drug-likeness (QED) is 0.271. The van der Waals surface area contributed by atoms with E-state index in [-0.39, 0.29) is 17.5 Å².